The van der Waals surface area contributed by atoms with E-state index in [0.717, 1.165) is 30.0 Å². The molecule has 0 aliphatic rings. The molecule has 0 aliphatic carbocycles. The molecule has 0 aromatic heterocycles. The molecule has 2 N–H and O–H groups in total. The minimum atomic E-state index is -0.410. The van der Waals surface area contributed by atoms with E-state index in [-0.39, 0.29) is 6.61 Å². The lowest BCUT2D eigenvalue weighted by atomic mass is 10.1. The molecule has 0 spiro atoms. The number of methoxy groups -OCH3 is 1. The molecule has 1 rings (SSSR count). The van der Waals surface area contributed by atoms with Crippen molar-refractivity contribution in [1.29, 1.82) is 0 Å². The van der Waals surface area contributed by atoms with Gasteiger partial charge in [0.1, 0.15) is 11.4 Å². The van der Waals surface area contributed by atoms with Crippen molar-refractivity contribution >= 4 is 5.69 Å². The first-order chi connectivity index (χ1) is 12.5. The van der Waals surface area contributed by atoms with Crippen LogP contribution in [0.1, 0.15) is 40.0 Å². The third-order valence-electron chi connectivity index (χ3n) is 4.20. The normalized spacial score (nSPS) is 14.3. The SMILES string of the molecule is C=C(NCC(C)(/C=C\CC)OC)N(/C(=C/CC)CCO)c1ccccc1. The molecule has 0 aliphatic heterocycles. The first kappa shape index (κ1) is 22.0. The van der Waals surface area contributed by atoms with Crippen molar-refractivity contribution in [2.45, 2.75) is 45.6 Å². The van der Waals surface area contributed by atoms with Crippen molar-refractivity contribution in [2.75, 3.05) is 25.2 Å². The number of nitrogens with zero attached hydrogens (tertiary/aromatic N) is 1. The van der Waals surface area contributed by atoms with Crippen molar-refractivity contribution in [2.24, 2.45) is 0 Å². The zero-order valence-electron chi connectivity index (χ0n) is 16.7. The molecular weight excluding hydrogens is 324 g/mol. The van der Waals surface area contributed by atoms with E-state index in [1.165, 1.54) is 0 Å². The van der Waals surface area contributed by atoms with Gasteiger partial charge in [-0.15, -0.1) is 0 Å². The molecule has 1 unspecified atom stereocenters. The maximum absolute atomic E-state index is 9.49. The number of rotatable bonds is 12. The number of hydrogen-bond acceptors (Lipinski definition) is 4. The van der Waals surface area contributed by atoms with Gasteiger partial charge in [0.25, 0.3) is 0 Å². The Morgan fingerprint density at radius 3 is 2.50 bits per heavy atom. The summed E-state index contributed by atoms with van der Waals surface area (Å²) in [5.41, 5.74) is 1.63. The van der Waals surface area contributed by atoms with Crippen molar-refractivity contribution in [3.05, 3.63) is 66.7 Å². The summed E-state index contributed by atoms with van der Waals surface area (Å²) < 4.78 is 5.67. The molecule has 144 valence electrons. The Morgan fingerprint density at radius 2 is 1.96 bits per heavy atom. The van der Waals surface area contributed by atoms with Crippen LogP contribution in [0.25, 0.3) is 0 Å². The monoisotopic (exact) mass is 358 g/mol. The van der Waals surface area contributed by atoms with Crippen molar-refractivity contribution in [3.8, 4) is 0 Å². The van der Waals surface area contributed by atoms with Gasteiger partial charge in [0.15, 0.2) is 0 Å². The molecule has 4 heteroatoms. The van der Waals surface area contributed by atoms with Gasteiger partial charge in [-0.05, 0) is 31.9 Å². The van der Waals surface area contributed by atoms with Gasteiger partial charge in [-0.2, -0.15) is 0 Å². The van der Waals surface area contributed by atoms with E-state index in [2.05, 4.69) is 48.9 Å². The van der Waals surface area contributed by atoms with E-state index >= 15 is 0 Å². The van der Waals surface area contributed by atoms with Crippen LogP contribution >= 0.6 is 0 Å². The Bertz CT molecular complexity index is 595. The zero-order chi connectivity index (χ0) is 19.4. The van der Waals surface area contributed by atoms with Crippen molar-refractivity contribution in [3.63, 3.8) is 0 Å². The Kier molecular flexibility index (Phi) is 9.78. The summed E-state index contributed by atoms with van der Waals surface area (Å²) in [6.45, 7) is 11.2. The average molecular weight is 359 g/mol. The Morgan fingerprint density at radius 1 is 1.27 bits per heavy atom. The predicted octanol–water partition coefficient (Wildman–Crippen LogP) is 4.60. The maximum atomic E-state index is 9.49. The summed E-state index contributed by atoms with van der Waals surface area (Å²) in [4.78, 5) is 2.07. The Labute approximate surface area is 158 Å². The van der Waals surface area contributed by atoms with Crippen LogP contribution < -0.4 is 10.2 Å². The van der Waals surface area contributed by atoms with Crippen LogP contribution in [0.5, 0.6) is 0 Å². The van der Waals surface area contributed by atoms with Crippen LogP contribution in [0.2, 0.25) is 0 Å². The zero-order valence-corrected chi connectivity index (χ0v) is 16.7. The van der Waals surface area contributed by atoms with E-state index in [4.69, 9.17) is 4.74 Å². The molecule has 1 atom stereocenters. The predicted molar refractivity (Wildman–Crippen MR) is 111 cm³/mol. The van der Waals surface area contributed by atoms with E-state index in [1.807, 2.05) is 37.3 Å². The number of anilines is 1. The number of aliphatic hydroxyl groups excluding tert-OH is 1. The highest BCUT2D eigenvalue weighted by molar-refractivity contribution is 5.57. The second-order valence-corrected chi connectivity index (χ2v) is 6.38. The fourth-order valence-electron chi connectivity index (χ4n) is 2.65. The van der Waals surface area contributed by atoms with Gasteiger partial charge in [-0.25, -0.2) is 0 Å². The van der Waals surface area contributed by atoms with Crippen LogP contribution in [-0.4, -0.2) is 31.0 Å². The molecule has 1 aromatic rings. The fraction of sp³-hybridized carbons (Fsp3) is 0.455. The fourth-order valence-corrected chi connectivity index (χ4v) is 2.65. The molecule has 0 fully saturated rings. The second kappa shape index (κ2) is 11.6. The molecule has 0 amide bonds. The average Bonchev–Trinajstić information content (AvgIpc) is 2.66. The van der Waals surface area contributed by atoms with Gasteiger partial charge in [0, 0.05) is 38.1 Å². The van der Waals surface area contributed by atoms with Crippen molar-refractivity contribution in [1.82, 2.24) is 5.32 Å². The summed E-state index contributed by atoms with van der Waals surface area (Å²) in [6.07, 6.45) is 8.74. The van der Waals surface area contributed by atoms with Gasteiger partial charge < -0.3 is 20.1 Å². The first-order valence-electron chi connectivity index (χ1n) is 9.32. The third kappa shape index (κ3) is 6.70. The minimum absolute atomic E-state index is 0.0947. The molecule has 1 aromatic carbocycles. The lowest BCUT2D eigenvalue weighted by Crippen LogP contribution is -2.41. The number of hydrogen-bond donors (Lipinski definition) is 2. The molecule has 0 bridgehead atoms. The maximum Gasteiger partial charge on any atom is 0.103 e. The standard InChI is InChI=1S/C22H34N2O2/c1-6-8-16-22(4,26-5)18-23-19(3)24(20(12-7-2)15-17-25)21-13-10-9-11-14-21/h8-14,16,23,25H,3,6-7,15,17-18H2,1-2,4-5H3/b16-8-,20-12+. The molecule has 0 saturated heterocycles. The van der Waals surface area contributed by atoms with Gasteiger partial charge in [0.05, 0.1) is 0 Å². The van der Waals surface area contributed by atoms with Crippen molar-refractivity contribution < 1.29 is 9.84 Å². The Hall–Kier alpha value is -2.04. The highest BCUT2D eigenvalue weighted by atomic mass is 16.5. The third-order valence-corrected chi connectivity index (χ3v) is 4.20. The molecule has 26 heavy (non-hydrogen) atoms. The number of benzene rings is 1. The van der Waals surface area contributed by atoms with Crippen LogP contribution in [0.4, 0.5) is 5.69 Å². The number of nitrogens with one attached hydrogen (secondary N) is 1. The van der Waals surface area contributed by atoms with Crippen LogP contribution in [0.15, 0.2) is 66.7 Å². The van der Waals surface area contributed by atoms with Gasteiger partial charge in [-0.3, -0.25) is 0 Å². The van der Waals surface area contributed by atoms with E-state index in [9.17, 15) is 5.11 Å². The topological polar surface area (TPSA) is 44.7 Å². The lowest BCUT2D eigenvalue weighted by Gasteiger charge is -2.33. The highest BCUT2D eigenvalue weighted by Gasteiger charge is 2.22. The largest absolute Gasteiger partial charge is 0.396 e. The molecular formula is C22H34N2O2. The van der Waals surface area contributed by atoms with E-state index in [1.54, 1.807) is 7.11 Å². The molecule has 0 saturated carbocycles. The summed E-state index contributed by atoms with van der Waals surface area (Å²) in [5.74, 6) is 0.762. The number of aliphatic hydroxyl groups is 1. The lowest BCUT2D eigenvalue weighted by molar-refractivity contribution is 0.0506. The minimum Gasteiger partial charge on any atom is -0.396 e. The Balaban J connectivity index is 3.05. The van der Waals surface area contributed by atoms with Crippen LogP contribution in [-0.2, 0) is 4.74 Å². The van der Waals surface area contributed by atoms with Crippen LogP contribution in [0, 0.1) is 0 Å². The van der Waals surface area contributed by atoms with Gasteiger partial charge in [0.2, 0.25) is 0 Å². The van der Waals surface area contributed by atoms with Gasteiger partial charge in [-0.1, -0.05) is 56.9 Å². The molecule has 0 heterocycles. The number of allylic oxidation sites excluding steroid dienone is 2. The quantitative estimate of drug-likeness (QED) is 0.536. The number of para-hydroxylation sites is 1. The van der Waals surface area contributed by atoms with E-state index < -0.39 is 5.60 Å². The summed E-state index contributed by atoms with van der Waals surface area (Å²) in [6, 6.07) is 10.1. The van der Waals surface area contributed by atoms with E-state index in [0.29, 0.717) is 13.0 Å². The summed E-state index contributed by atoms with van der Waals surface area (Å²) >= 11 is 0. The van der Waals surface area contributed by atoms with Gasteiger partial charge >= 0.3 is 0 Å². The van der Waals surface area contributed by atoms with Crippen LogP contribution in [0.3, 0.4) is 0 Å². The molecule has 4 nitrogen and oxygen atoms in total. The summed E-state index contributed by atoms with van der Waals surface area (Å²) in [5, 5.41) is 12.9. The molecule has 0 radical (unpaired) electrons. The first-order valence-corrected chi connectivity index (χ1v) is 9.32. The highest BCUT2D eigenvalue weighted by Crippen LogP contribution is 2.25. The smallest absolute Gasteiger partial charge is 0.103 e. The number of ether oxygens (including phenoxy) is 1. The summed E-state index contributed by atoms with van der Waals surface area (Å²) in [7, 11) is 1.72. The second-order valence-electron chi connectivity index (χ2n) is 6.38.